The van der Waals surface area contributed by atoms with Gasteiger partial charge in [-0.2, -0.15) is 0 Å². The fourth-order valence-electron chi connectivity index (χ4n) is 1.35. The van der Waals surface area contributed by atoms with E-state index in [9.17, 15) is 9.59 Å². The van der Waals surface area contributed by atoms with Crippen LogP contribution in [-0.4, -0.2) is 18.4 Å². The maximum Gasteiger partial charge on any atom is 0.343 e. The largest absolute Gasteiger partial charge is 0.462 e. The van der Waals surface area contributed by atoms with Crippen molar-refractivity contribution in [3.63, 3.8) is 0 Å². The number of anilines is 1. The second kappa shape index (κ2) is 7.74. The van der Waals surface area contributed by atoms with Crippen molar-refractivity contribution in [3.8, 4) is 0 Å². The van der Waals surface area contributed by atoms with Gasteiger partial charge in [0.25, 0.3) is 0 Å². The minimum Gasteiger partial charge on any atom is -0.462 e. The topological polar surface area (TPSA) is 55.4 Å². The van der Waals surface area contributed by atoms with E-state index in [1.807, 2.05) is 24.3 Å². The predicted octanol–water partition coefficient (Wildman–Crippen LogP) is 3.29. The average molecular weight is 326 g/mol. The molecule has 0 bridgehead atoms. The van der Waals surface area contributed by atoms with Crippen LogP contribution >= 0.6 is 15.9 Å². The molecule has 19 heavy (non-hydrogen) atoms. The third-order valence-electron chi connectivity index (χ3n) is 2.34. The molecule has 1 N–H and O–H groups in total. The Hall–Kier alpha value is -1.62. The summed E-state index contributed by atoms with van der Waals surface area (Å²) in [7, 11) is 0. The molecule has 0 saturated heterocycles. The van der Waals surface area contributed by atoms with Crippen LogP contribution in [0.2, 0.25) is 0 Å². The Labute approximate surface area is 121 Å². The van der Waals surface area contributed by atoms with E-state index in [-0.39, 0.29) is 24.4 Å². The Kier molecular flexibility index (Phi) is 6.29. The minimum absolute atomic E-state index is 0.0345. The highest BCUT2D eigenvalue weighted by Gasteiger charge is 2.17. The molecule has 1 aromatic rings. The Morgan fingerprint density at radius 1 is 1.26 bits per heavy atom. The van der Waals surface area contributed by atoms with Gasteiger partial charge in [0.15, 0.2) is 5.78 Å². The van der Waals surface area contributed by atoms with Gasteiger partial charge in [0.1, 0.15) is 5.57 Å². The van der Waals surface area contributed by atoms with Gasteiger partial charge in [-0.3, -0.25) is 4.79 Å². The first kappa shape index (κ1) is 15.4. The zero-order chi connectivity index (χ0) is 14.3. The second-order valence-electron chi connectivity index (χ2n) is 3.71. The smallest absolute Gasteiger partial charge is 0.343 e. The summed E-state index contributed by atoms with van der Waals surface area (Å²) in [6.07, 6.45) is 1.65. The van der Waals surface area contributed by atoms with Gasteiger partial charge in [-0.1, -0.05) is 22.9 Å². The molecule has 0 aliphatic carbocycles. The number of rotatable bonds is 6. The highest BCUT2D eigenvalue weighted by Crippen LogP contribution is 2.15. The number of nitrogens with one attached hydrogen (secondary N) is 1. The van der Waals surface area contributed by atoms with Gasteiger partial charge in [-0.15, -0.1) is 0 Å². The molecule has 1 aromatic carbocycles. The molecular formula is C14H16BrNO3. The molecule has 0 saturated carbocycles. The second-order valence-corrected chi connectivity index (χ2v) is 4.62. The number of esters is 1. The van der Waals surface area contributed by atoms with Gasteiger partial charge in [0.2, 0.25) is 0 Å². The lowest BCUT2D eigenvalue weighted by Gasteiger charge is -2.06. The number of ketones is 1. The highest BCUT2D eigenvalue weighted by molar-refractivity contribution is 9.10. The zero-order valence-corrected chi connectivity index (χ0v) is 12.5. The molecule has 0 aliphatic rings. The molecule has 0 radical (unpaired) electrons. The zero-order valence-electron chi connectivity index (χ0n) is 10.9. The Bertz CT molecular complexity index is 480. The maximum atomic E-state index is 11.7. The summed E-state index contributed by atoms with van der Waals surface area (Å²) in [5.41, 5.74) is 0.821. The molecule has 5 heteroatoms. The van der Waals surface area contributed by atoms with Crippen LogP contribution in [0.5, 0.6) is 0 Å². The van der Waals surface area contributed by atoms with Crippen LogP contribution in [0.4, 0.5) is 5.69 Å². The van der Waals surface area contributed by atoms with Gasteiger partial charge >= 0.3 is 5.97 Å². The van der Waals surface area contributed by atoms with Gasteiger partial charge in [-0.05, 0) is 31.2 Å². The average Bonchev–Trinajstić information content (AvgIpc) is 2.41. The van der Waals surface area contributed by atoms with E-state index in [0.29, 0.717) is 0 Å². The van der Waals surface area contributed by atoms with Crippen molar-refractivity contribution in [2.24, 2.45) is 0 Å². The van der Waals surface area contributed by atoms with E-state index in [4.69, 9.17) is 4.74 Å². The van der Waals surface area contributed by atoms with Crippen LogP contribution in [0.3, 0.4) is 0 Å². The van der Waals surface area contributed by atoms with Crippen LogP contribution < -0.4 is 5.32 Å². The minimum atomic E-state index is -0.598. The summed E-state index contributed by atoms with van der Waals surface area (Å²) in [4.78, 5) is 23.3. The maximum absolute atomic E-state index is 11.7. The Morgan fingerprint density at radius 2 is 1.89 bits per heavy atom. The third kappa shape index (κ3) is 4.87. The van der Waals surface area contributed by atoms with Gasteiger partial charge < -0.3 is 10.1 Å². The molecule has 0 amide bonds. The summed E-state index contributed by atoms with van der Waals surface area (Å²) in [5.74, 6) is -0.845. The van der Waals surface area contributed by atoms with E-state index >= 15 is 0 Å². The molecule has 0 fully saturated rings. The van der Waals surface area contributed by atoms with E-state index in [1.54, 1.807) is 13.8 Å². The molecule has 0 unspecified atom stereocenters. The Balaban J connectivity index is 2.85. The predicted molar refractivity (Wildman–Crippen MR) is 77.8 cm³/mol. The summed E-state index contributed by atoms with van der Waals surface area (Å²) < 4.78 is 5.81. The lowest BCUT2D eigenvalue weighted by Crippen LogP contribution is -2.16. The molecule has 0 aromatic heterocycles. The normalized spacial score (nSPS) is 11.0. The van der Waals surface area contributed by atoms with E-state index in [2.05, 4.69) is 21.2 Å². The molecule has 4 nitrogen and oxygen atoms in total. The molecular weight excluding hydrogens is 310 g/mol. The van der Waals surface area contributed by atoms with Crippen LogP contribution in [0.15, 0.2) is 40.5 Å². The number of hydrogen-bond acceptors (Lipinski definition) is 4. The monoisotopic (exact) mass is 325 g/mol. The van der Waals surface area contributed by atoms with E-state index in [1.165, 1.54) is 6.20 Å². The Morgan fingerprint density at radius 3 is 2.42 bits per heavy atom. The number of carbonyl (C=O) groups is 2. The lowest BCUT2D eigenvalue weighted by molar-refractivity contribution is -0.140. The number of Topliss-reactive ketones (excluding diaryl/α,β-unsaturated/α-hetero) is 1. The van der Waals surface area contributed by atoms with Crippen molar-refractivity contribution in [2.75, 3.05) is 11.9 Å². The first-order valence-electron chi connectivity index (χ1n) is 6.01. The summed E-state index contributed by atoms with van der Waals surface area (Å²) >= 11 is 3.33. The molecule has 1 rings (SSSR count). The lowest BCUT2D eigenvalue weighted by atomic mass is 10.1. The standard InChI is InChI=1S/C14H16BrNO3/c1-3-13(17)12(14(18)19-4-2)9-16-11-7-5-10(15)6-8-11/h5-9,16H,3-4H2,1-2H3/b12-9-. The molecule has 0 atom stereocenters. The summed E-state index contributed by atoms with van der Waals surface area (Å²) in [5, 5.41) is 2.92. The first-order chi connectivity index (χ1) is 9.08. The number of ether oxygens (including phenoxy) is 1. The molecule has 102 valence electrons. The van der Waals surface area contributed by atoms with Crippen molar-refractivity contribution >= 4 is 33.4 Å². The van der Waals surface area contributed by atoms with E-state index < -0.39 is 5.97 Å². The molecule has 0 heterocycles. The fourth-order valence-corrected chi connectivity index (χ4v) is 1.62. The molecule has 0 spiro atoms. The van der Waals surface area contributed by atoms with Crippen LogP contribution in [-0.2, 0) is 14.3 Å². The van der Waals surface area contributed by atoms with Crippen LogP contribution in [0.1, 0.15) is 20.3 Å². The van der Waals surface area contributed by atoms with Crippen molar-refractivity contribution in [2.45, 2.75) is 20.3 Å². The summed E-state index contributed by atoms with van der Waals surface area (Å²) in [6, 6.07) is 7.39. The van der Waals surface area contributed by atoms with Gasteiger partial charge in [0, 0.05) is 22.8 Å². The first-order valence-corrected chi connectivity index (χ1v) is 6.80. The van der Waals surface area contributed by atoms with Crippen molar-refractivity contribution in [3.05, 3.63) is 40.5 Å². The number of benzene rings is 1. The van der Waals surface area contributed by atoms with Gasteiger partial charge in [-0.25, -0.2) is 4.79 Å². The van der Waals surface area contributed by atoms with Crippen molar-refractivity contribution in [1.29, 1.82) is 0 Å². The van der Waals surface area contributed by atoms with Crippen LogP contribution in [0.25, 0.3) is 0 Å². The highest BCUT2D eigenvalue weighted by atomic mass is 79.9. The van der Waals surface area contributed by atoms with Gasteiger partial charge in [0.05, 0.1) is 6.61 Å². The number of hydrogen-bond donors (Lipinski definition) is 1. The summed E-state index contributed by atoms with van der Waals surface area (Å²) in [6.45, 7) is 3.65. The quantitative estimate of drug-likeness (QED) is 0.377. The van der Waals surface area contributed by atoms with E-state index in [0.717, 1.165) is 10.2 Å². The SMILES string of the molecule is CCOC(=O)/C(=C\Nc1ccc(Br)cc1)C(=O)CC. The third-order valence-corrected chi connectivity index (χ3v) is 2.87. The number of halogens is 1. The van der Waals surface area contributed by atoms with Crippen molar-refractivity contribution < 1.29 is 14.3 Å². The number of carbonyl (C=O) groups excluding carboxylic acids is 2. The molecule has 0 aliphatic heterocycles. The van der Waals surface area contributed by atoms with Crippen LogP contribution in [0, 0.1) is 0 Å². The fraction of sp³-hybridized carbons (Fsp3) is 0.286. The van der Waals surface area contributed by atoms with Crippen molar-refractivity contribution in [1.82, 2.24) is 0 Å².